The number of carbonyl (C=O) groups is 2. The van der Waals surface area contributed by atoms with Crippen LogP contribution >= 0.6 is 11.3 Å². The van der Waals surface area contributed by atoms with Crippen LogP contribution in [-0.4, -0.2) is 54.3 Å². The van der Waals surface area contributed by atoms with Crippen LogP contribution in [0.5, 0.6) is 11.5 Å². The molecule has 2 aliphatic heterocycles. The first-order valence-corrected chi connectivity index (χ1v) is 11.8. The smallest absolute Gasteiger partial charge is 0.260 e. The van der Waals surface area contributed by atoms with Crippen LogP contribution in [0.3, 0.4) is 0 Å². The van der Waals surface area contributed by atoms with E-state index in [1.807, 2.05) is 40.6 Å². The van der Waals surface area contributed by atoms with Crippen LogP contribution in [0.4, 0.5) is 0 Å². The number of hydrogen-bond donors (Lipinski definition) is 0. The second-order valence-electron chi connectivity index (χ2n) is 8.04. The second kappa shape index (κ2) is 9.60. The van der Waals surface area contributed by atoms with Crippen molar-refractivity contribution in [1.82, 2.24) is 9.80 Å². The van der Waals surface area contributed by atoms with Gasteiger partial charge in [-0.05, 0) is 29.1 Å². The van der Waals surface area contributed by atoms with E-state index in [1.54, 1.807) is 35.6 Å². The Kier molecular flexibility index (Phi) is 6.24. The lowest BCUT2D eigenvalue weighted by Gasteiger charge is -2.34. The Balaban J connectivity index is 1.13. The number of allylic oxidation sites excluding steroid dienone is 1. The number of benzene rings is 2. The molecule has 1 amide bonds. The molecule has 0 spiro atoms. The van der Waals surface area contributed by atoms with Crippen molar-refractivity contribution in [3.8, 4) is 11.5 Å². The Labute approximate surface area is 196 Å². The molecule has 0 unspecified atom stereocenters. The second-order valence-corrected chi connectivity index (χ2v) is 9.02. The Hall–Kier alpha value is -3.42. The minimum atomic E-state index is -0.144. The minimum Gasteiger partial charge on any atom is -0.484 e. The van der Waals surface area contributed by atoms with E-state index in [1.165, 1.54) is 5.56 Å². The lowest BCUT2D eigenvalue weighted by Crippen LogP contribution is -2.49. The molecule has 2 aromatic carbocycles. The summed E-state index contributed by atoms with van der Waals surface area (Å²) in [4.78, 5) is 30.4. The molecule has 1 aromatic heterocycles. The molecule has 33 heavy (non-hydrogen) atoms. The van der Waals surface area contributed by atoms with Crippen molar-refractivity contribution in [3.63, 3.8) is 0 Å². The van der Waals surface area contributed by atoms with Gasteiger partial charge in [-0.1, -0.05) is 36.4 Å². The quantitative estimate of drug-likeness (QED) is 0.519. The van der Waals surface area contributed by atoms with Gasteiger partial charge in [0, 0.05) is 49.7 Å². The molecule has 0 radical (unpaired) electrons. The van der Waals surface area contributed by atoms with Gasteiger partial charge in [0.25, 0.3) is 5.91 Å². The van der Waals surface area contributed by atoms with Gasteiger partial charge < -0.3 is 14.4 Å². The summed E-state index contributed by atoms with van der Waals surface area (Å²) in [5.74, 6) is 1.09. The predicted octanol–water partition coefficient (Wildman–Crippen LogP) is 4.09. The van der Waals surface area contributed by atoms with Crippen molar-refractivity contribution >= 4 is 29.1 Å². The average molecular weight is 461 g/mol. The topological polar surface area (TPSA) is 59.1 Å². The summed E-state index contributed by atoms with van der Waals surface area (Å²) in [5, 5.41) is 1.95. The van der Waals surface area contributed by atoms with Crippen LogP contribution in [0.15, 0.2) is 71.8 Å². The van der Waals surface area contributed by atoms with Gasteiger partial charge in [-0.2, -0.15) is 0 Å². The first kappa shape index (κ1) is 21.4. The minimum absolute atomic E-state index is 0.0369. The van der Waals surface area contributed by atoms with Gasteiger partial charge in [-0.25, -0.2) is 0 Å². The summed E-state index contributed by atoms with van der Waals surface area (Å²) in [6, 6.07) is 19.3. The van der Waals surface area contributed by atoms with Crippen LogP contribution in [0.1, 0.15) is 20.8 Å². The maximum Gasteiger partial charge on any atom is 0.260 e. The fourth-order valence-corrected chi connectivity index (χ4v) is 4.64. The van der Waals surface area contributed by atoms with Crippen LogP contribution in [0, 0.1) is 0 Å². The Bertz CT molecular complexity index is 1170. The molecule has 0 saturated carbocycles. The van der Waals surface area contributed by atoms with Crippen molar-refractivity contribution in [2.24, 2.45) is 0 Å². The monoisotopic (exact) mass is 460 g/mol. The molecule has 1 fully saturated rings. The molecule has 7 heteroatoms. The first-order chi connectivity index (χ1) is 16.2. The van der Waals surface area contributed by atoms with Crippen molar-refractivity contribution in [2.75, 3.05) is 32.8 Å². The summed E-state index contributed by atoms with van der Waals surface area (Å²) in [7, 11) is 0. The van der Waals surface area contributed by atoms with Gasteiger partial charge in [0.2, 0.25) is 5.78 Å². The third-order valence-electron chi connectivity index (χ3n) is 5.79. The number of rotatable bonds is 6. The summed E-state index contributed by atoms with van der Waals surface area (Å²) < 4.78 is 11.5. The van der Waals surface area contributed by atoms with Gasteiger partial charge in [-0.3, -0.25) is 14.5 Å². The van der Waals surface area contributed by atoms with Gasteiger partial charge >= 0.3 is 0 Å². The maximum atomic E-state index is 12.6. The van der Waals surface area contributed by atoms with E-state index in [0.29, 0.717) is 35.9 Å². The van der Waals surface area contributed by atoms with Gasteiger partial charge in [0.15, 0.2) is 12.4 Å². The number of fused-ring (bicyclic) bond motifs is 1. The summed E-state index contributed by atoms with van der Waals surface area (Å²) >= 11 is 1.54. The number of ketones is 1. The first-order valence-electron chi connectivity index (χ1n) is 10.9. The number of piperazine rings is 1. The summed E-state index contributed by atoms with van der Waals surface area (Å²) in [5.41, 5.74) is 1.79. The highest BCUT2D eigenvalue weighted by atomic mass is 32.1. The molecule has 0 bridgehead atoms. The van der Waals surface area contributed by atoms with Crippen molar-refractivity contribution in [2.45, 2.75) is 6.54 Å². The number of Topliss-reactive ketones (excluding diaryl/α,β-unsaturated/α-hetero) is 1. The molecular formula is C26H24N2O4S. The van der Waals surface area contributed by atoms with E-state index in [-0.39, 0.29) is 18.3 Å². The third-order valence-corrected chi connectivity index (χ3v) is 6.61. The molecule has 3 aromatic rings. The molecule has 1 saturated heterocycles. The highest BCUT2D eigenvalue weighted by molar-refractivity contribution is 7.10. The van der Waals surface area contributed by atoms with Crippen LogP contribution < -0.4 is 9.47 Å². The van der Waals surface area contributed by atoms with Crippen molar-refractivity contribution < 1.29 is 19.1 Å². The Morgan fingerprint density at radius 1 is 1.03 bits per heavy atom. The van der Waals surface area contributed by atoms with Crippen molar-refractivity contribution in [1.29, 1.82) is 0 Å². The highest BCUT2D eigenvalue weighted by Gasteiger charge is 2.28. The number of hydrogen-bond acceptors (Lipinski definition) is 6. The van der Waals surface area contributed by atoms with Crippen LogP contribution in [-0.2, 0) is 11.3 Å². The molecular weight excluding hydrogens is 436 g/mol. The molecule has 5 rings (SSSR count). The lowest BCUT2D eigenvalue weighted by atomic mass is 10.1. The lowest BCUT2D eigenvalue weighted by molar-refractivity contribution is -0.135. The Morgan fingerprint density at radius 2 is 1.85 bits per heavy atom. The molecule has 0 atom stereocenters. The van der Waals surface area contributed by atoms with E-state index in [9.17, 15) is 9.59 Å². The van der Waals surface area contributed by atoms with Gasteiger partial charge in [0.05, 0.1) is 5.56 Å². The standard InChI is InChI=1S/C26H24N2O4S/c29-25(28-12-10-27(11-13-28)17-19-5-2-1-3-6-19)18-31-20-8-9-22-23(15-20)32-24(26(22)30)16-21-7-4-14-33-21/h1-9,14-16H,10-13,17-18H2. The maximum absolute atomic E-state index is 12.6. The number of thiophene rings is 1. The molecule has 3 heterocycles. The number of ether oxygens (including phenoxy) is 2. The zero-order valence-electron chi connectivity index (χ0n) is 18.1. The average Bonchev–Trinajstić information content (AvgIpc) is 3.46. The number of nitrogens with zero attached hydrogens (tertiary/aromatic N) is 2. The normalized spacial score (nSPS) is 17.2. The zero-order chi connectivity index (χ0) is 22.6. The molecule has 6 nitrogen and oxygen atoms in total. The predicted molar refractivity (Wildman–Crippen MR) is 127 cm³/mol. The van der Waals surface area contributed by atoms with Crippen LogP contribution in [0.2, 0.25) is 0 Å². The molecule has 0 N–H and O–H groups in total. The summed E-state index contributed by atoms with van der Waals surface area (Å²) in [6.07, 6.45) is 1.74. The Morgan fingerprint density at radius 3 is 2.61 bits per heavy atom. The largest absolute Gasteiger partial charge is 0.484 e. The molecule has 168 valence electrons. The number of carbonyl (C=O) groups excluding carboxylic acids is 2. The fourth-order valence-electron chi connectivity index (χ4n) is 3.99. The van der Waals surface area contributed by atoms with Gasteiger partial charge in [-0.15, -0.1) is 11.3 Å². The van der Waals surface area contributed by atoms with E-state index in [4.69, 9.17) is 9.47 Å². The highest BCUT2D eigenvalue weighted by Crippen LogP contribution is 2.35. The van der Waals surface area contributed by atoms with E-state index in [0.717, 1.165) is 24.5 Å². The van der Waals surface area contributed by atoms with Crippen LogP contribution in [0.25, 0.3) is 6.08 Å². The van der Waals surface area contributed by atoms with Gasteiger partial charge in [0.1, 0.15) is 11.5 Å². The van der Waals surface area contributed by atoms with E-state index in [2.05, 4.69) is 17.0 Å². The van der Waals surface area contributed by atoms with E-state index < -0.39 is 0 Å². The van der Waals surface area contributed by atoms with E-state index >= 15 is 0 Å². The van der Waals surface area contributed by atoms with Crippen molar-refractivity contribution in [3.05, 3.63) is 87.8 Å². The summed E-state index contributed by atoms with van der Waals surface area (Å²) in [6.45, 7) is 3.92. The molecule has 2 aliphatic rings. The fraction of sp³-hybridized carbons (Fsp3) is 0.231. The number of amides is 1. The zero-order valence-corrected chi connectivity index (χ0v) is 18.9. The third kappa shape index (κ3) is 4.99. The molecule has 0 aliphatic carbocycles. The SMILES string of the molecule is O=C1C(=Cc2cccs2)Oc2cc(OCC(=O)N3CCN(Cc4ccccc4)CC3)ccc21.